The maximum atomic E-state index is 13.0. The zero-order valence-electron chi connectivity index (χ0n) is 15.2. The van der Waals surface area contributed by atoms with Crippen molar-refractivity contribution in [3.63, 3.8) is 0 Å². The Kier molecular flexibility index (Phi) is 5.01. The molecule has 0 radical (unpaired) electrons. The summed E-state index contributed by atoms with van der Waals surface area (Å²) in [6.45, 7) is 0.856. The van der Waals surface area contributed by atoms with E-state index in [-0.39, 0.29) is 42.0 Å². The summed E-state index contributed by atoms with van der Waals surface area (Å²) in [6.07, 6.45) is 4.80. The van der Waals surface area contributed by atoms with Crippen LogP contribution in [0.2, 0.25) is 0 Å². The van der Waals surface area contributed by atoms with Crippen molar-refractivity contribution < 1.29 is 14.8 Å². The predicted molar refractivity (Wildman–Crippen MR) is 99.3 cm³/mol. The predicted octanol–water partition coefficient (Wildman–Crippen LogP) is 2.09. The number of nitrogens with zero attached hydrogens (tertiary/aromatic N) is 2. The van der Waals surface area contributed by atoms with Crippen molar-refractivity contribution in [3.05, 3.63) is 39.9 Å². The van der Waals surface area contributed by atoms with Gasteiger partial charge in [-0.1, -0.05) is 12.1 Å². The first-order valence-corrected chi connectivity index (χ1v) is 9.77. The molecule has 1 aromatic carbocycles. The van der Waals surface area contributed by atoms with Crippen LogP contribution in [0.4, 0.5) is 10.5 Å². The summed E-state index contributed by atoms with van der Waals surface area (Å²) in [5.41, 5.74) is 1.02. The second-order valence-electron chi connectivity index (χ2n) is 7.90. The highest BCUT2D eigenvalue weighted by atomic mass is 16.6. The summed E-state index contributed by atoms with van der Waals surface area (Å²) in [6, 6.07) is 6.66. The number of nitro benzene ring substituents is 1. The van der Waals surface area contributed by atoms with Crippen molar-refractivity contribution in [2.45, 2.75) is 68.8 Å². The number of piperidine rings is 2. The lowest BCUT2D eigenvalue weighted by molar-refractivity contribution is -0.384. The number of benzene rings is 1. The van der Waals surface area contributed by atoms with Crippen LogP contribution in [0, 0.1) is 10.1 Å². The first kappa shape index (κ1) is 18.2. The van der Waals surface area contributed by atoms with Gasteiger partial charge in [0.2, 0.25) is 0 Å². The third-order valence-corrected chi connectivity index (χ3v) is 6.17. The van der Waals surface area contributed by atoms with E-state index in [9.17, 15) is 20.0 Å². The molecule has 4 rings (SSSR count). The van der Waals surface area contributed by atoms with Gasteiger partial charge >= 0.3 is 6.03 Å². The van der Waals surface area contributed by atoms with Gasteiger partial charge in [0.1, 0.15) is 0 Å². The van der Waals surface area contributed by atoms with Crippen molar-refractivity contribution in [3.8, 4) is 0 Å². The fourth-order valence-electron chi connectivity index (χ4n) is 4.91. The Morgan fingerprint density at radius 1 is 1.19 bits per heavy atom. The van der Waals surface area contributed by atoms with Gasteiger partial charge in [-0.05, 0) is 50.6 Å². The molecule has 3 unspecified atom stereocenters. The van der Waals surface area contributed by atoms with E-state index < -0.39 is 4.92 Å². The molecule has 3 saturated heterocycles. The molecule has 2 bridgehead atoms. The molecule has 0 spiro atoms. The van der Waals surface area contributed by atoms with Crippen LogP contribution >= 0.6 is 0 Å². The molecule has 4 atom stereocenters. The molecule has 0 saturated carbocycles. The lowest BCUT2D eigenvalue weighted by Crippen LogP contribution is -2.56. The molecule has 3 N–H and O–H groups in total. The van der Waals surface area contributed by atoms with Crippen molar-refractivity contribution in [2.24, 2.45) is 0 Å². The molecule has 1 aromatic rings. The largest absolute Gasteiger partial charge is 0.393 e. The number of aliphatic hydroxyl groups is 1. The van der Waals surface area contributed by atoms with Gasteiger partial charge in [0.05, 0.1) is 23.1 Å². The number of fused-ring (bicyclic) bond motifs is 2. The van der Waals surface area contributed by atoms with Gasteiger partial charge in [0, 0.05) is 24.2 Å². The third kappa shape index (κ3) is 3.64. The molecule has 0 aromatic heterocycles. The van der Waals surface area contributed by atoms with E-state index in [2.05, 4.69) is 10.6 Å². The Hall–Kier alpha value is -2.19. The van der Waals surface area contributed by atoms with Crippen LogP contribution in [0.5, 0.6) is 0 Å². The fourth-order valence-corrected chi connectivity index (χ4v) is 4.91. The van der Waals surface area contributed by atoms with Crippen LogP contribution in [0.1, 0.15) is 50.1 Å². The average Bonchev–Trinajstić information content (AvgIpc) is 2.94. The van der Waals surface area contributed by atoms with Gasteiger partial charge in [0.25, 0.3) is 5.69 Å². The van der Waals surface area contributed by atoms with E-state index >= 15 is 0 Å². The van der Waals surface area contributed by atoms with Gasteiger partial charge in [-0.3, -0.25) is 10.1 Å². The number of aliphatic hydroxyl groups excluding tert-OH is 1. The zero-order chi connectivity index (χ0) is 19.0. The number of amides is 2. The molecule has 146 valence electrons. The van der Waals surface area contributed by atoms with E-state index in [1.807, 2.05) is 4.90 Å². The van der Waals surface area contributed by atoms with Crippen molar-refractivity contribution in [1.29, 1.82) is 0 Å². The Morgan fingerprint density at radius 3 is 2.48 bits per heavy atom. The maximum absolute atomic E-state index is 13.0. The monoisotopic (exact) mass is 374 g/mol. The minimum Gasteiger partial charge on any atom is -0.393 e. The molecule has 0 aliphatic carbocycles. The normalized spacial score (nSPS) is 32.9. The van der Waals surface area contributed by atoms with Crippen molar-refractivity contribution in [2.75, 3.05) is 6.54 Å². The number of non-ortho nitro benzene ring substituents is 1. The van der Waals surface area contributed by atoms with Crippen LogP contribution in [-0.4, -0.2) is 51.7 Å². The van der Waals surface area contributed by atoms with E-state index in [1.54, 1.807) is 12.1 Å². The Balaban J connectivity index is 1.46. The topological polar surface area (TPSA) is 108 Å². The standard InChI is InChI=1S/C19H26N4O4/c24-16-10-14-7-8-15(11-16)22(14)19(25)21-17-2-1-9-20-18(17)12-3-5-13(6-4-12)23(26)27/h3-6,14-18,20,24H,1-2,7-11H2,(H,21,25)/t14?,15?,16?,17-,18?/m0/s1. The van der Waals surface area contributed by atoms with E-state index in [4.69, 9.17) is 0 Å². The molecule has 8 heteroatoms. The van der Waals surface area contributed by atoms with Gasteiger partial charge in [-0.25, -0.2) is 4.79 Å². The van der Waals surface area contributed by atoms with Crippen LogP contribution in [-0.2, 0) is 0 Å². The molecule has 27 heavy (non-hydrogen) atoms. The quantitative estimate of drug-likeness (QED) is 0.555. The van der Waals surface area contributed by atoms with E-state index in [0.717, 1.165) is 37.8 Å². The summed E-state index contributed by atoms with van der Waals surface area (Å²) in [5, 5.41) is 27.5. The Labute approximate surface area is 158 Å². The summed E-state index contributed by atoms with van der Waals surface area (Å²) >= 11 is 0. The van der Waals surface area contributed by atoms with Crippen LogP contribution < -0.4 is 10.6 Å². The van der Waals surface area contributed by atoms with Crippen molar-refractivity contribution in [1.82, 2.24) is 15.5 Å². The van der Waals surface area contributed by atoms with Crippen molar-refractivity contribution >= 4 is 11.7 Å². The summed E-state index contributed by atoms with van der Waals surface area (Å²) in [7, 11) is 0. The molecule has 3 fully saturated rings. The van der Waals surface area contributed by atoms with Gasteiger partial charge in [-0.15, -0.1) is 0 Å². The molecule has 3 aliphatic heterocycles. The Morgan fingerprint density at radius 2 is 1.85 bits per heavy atom. The van der Waals surface area contributed by atoms with Crippen LogP contribution in [0.15, 0.2) is 24.3 Å². The zero-order valence-corrected chi connectivity index (χ0v) is 15.2. The highest BCUT2D eigenvalue weighted by Crippen LogP contribution is 2.36. The number of carbonyl (C=O) groups is 1. The fraction of sp³-hybridized carbons (Fsp3) is 0.632. The number of carbonyl (C=O) groups excluding carboxylic acids is 1. The number of hydrogen-bond acceptors (Lipinski definition) is 5. The molecule has 2 amide bonds. The second kappa shape index (κ2) is 7.44. The second-order valence-corrected chi connectivity index (χ2v) is 7.90. The maximum Gasteiger partial charge on any atom is 0.318 e. The SMILES string of the molecule is O=C(N[C@H]1CCCNC1c1ccc([N+](=O)[O-])cc1)N1C2CCC1CC(O)C2. The van der Waals surface area contributed by atoms with Crippen LogP contribution in [0.25, 0.3) is 0 Å². The highest BCUT2D eigenvalue weighted by molar-refractivity contribution is 5.76. The molecular formula is C19H26N4O4. The summed E-state index contributed by atoms with van der Waals surface area (Å²) < 4.78 is 0. The number of hydrogen-bond donors (Lipinski definition) is 3. The molecule has 3 aliphatic rings. The smallest absolute Gasteiger partial charge is 0.318 e. The van der Waals surface area contributed by atoms with E-state index in [1.165, 1.54) is 12.1 Å². The van der Waals surface area contributed by atoms with Crippen LogP contribution in [0.3, 0.4) is 0 Å². The van der Waals surface area contributed by atoms with Gasteiger partial charge in [0.15, 0.2) is 0 Å². The first-order chi connectivity index (χ1) is 13.0. The number of nitro groups is 1. The van der Waals surface area contributed by atoms with Gasteiger partial charge in [-0.2, -0.15) is 0 Å². The average molecular weight is 374 g/mol. The number of rotatable bonds is 3. The lowest BCUT2D eigenvalue weighted by Gasteiger charge is -2.40. The summed E-state index contributed by atoms with van der Waals surface area (Å²) in [4.78, 5) is 25.4. The molecule has 8 nitrogen and oxygen atoms in total. The Bertz CT molecular complexity index is 696. The molecular weight excluding hydrogens is 348 g/mol. The summed E-state index contributed by atoms with van der Waals surface area (Å²) in [5.74, 6) is 0. The lowest BCUT2D eigenvalue weighted by atomic mass is 9.92. The van der Waals surface area contributed by atoms with E-state index in [0.29, 0.717) is 12.8 Å². The minimum atomic E-state index is -0.405. The third-order valence-electron chi connectivity index (χ3n) is 6.17. The first-order valence-electron chi connectivity index (χ1n) is 9.77. The van der Waals surface area contributed by atoms with Gasteiger partial charge < -0.3 is 20.6 Å². The number of urea groups is 1. The molecule has 3 heterocycles. The minimum absolute atomic E-state index is 0.0463. The highest BCUT2D eigenvalue weighted by Gasteiger charge is 2.43. The number of nitrogens with one attached hydrogen (secondary N) is 2.